The number of anilines is 1. The third kappa shape index (κ3) is 6.35. The van der Waals surface area contributed by atoms with Crippen LogP contribution in [0.15, 0.2) is 70.2 Å². The highest BCUT2D eigenvalue weighted by atomic mass is 32.1. The maximum absolute atomic E-state index is 12.3. The first-order valence-corrected chi connectivity index (χ1v) is 10.6. The number of aryl methyl sites for hydroxylation is 2. The van der Waals surface area contributed by atoms with Crippen LogP contribution in [-0.4, -0.2) is 18.4 Å². The molecule has 0 saturated carbocycles. The standard InChI is InChI=1S/C23H24N4O2S/c1-16-7-10-18(11-8-16)26-27-20-15-17(2)9-12-19(20)25-22(28)6-3-13-24-23(29)21-5-4-14-30-21/h4-5,7-12,14-15H,3,6,13H2,1-2H3,(H,24,29)(H,25,28). The average Bonchev–Trinajstić information content (AvgIpc) is 3.27. The number of hydrogen-bond donors (Lipinski definition) is 2. The quantitative estimate of drug-likeness (QED) is 0.350. The van der Waals surface area contributed by atoms with Gasteiger partial charge in [-0.2, -0.15) is 5.11 Å². The van der Waals surface area contributed by atoms with Crippen LogP contribution in [0.4, 0.5) is 17.1 Å². The van der Waals surface area contributed by atoms with Gasteiger partial charge in [0.2, 0.25) is 5.91 Å². The van der Waals surface area contributed by atoms with Gasteiger partial charge in [0.15, 0.2) is 0 Å². The van der Waals surface area contributed by atoms with E-state index in [4.69, 9.17) is 0 Å². The van der Waals surface area contributed by atoms with Gasteiger partial charge in [0.05, 0.1) is 16.3 Å². The van der Waals surface area contributed by atoms with Gasteiger partial charge in [-0.1, -0.05) is 29.8 Å². The zero-order chi connectivity index (χ0) is 21.3. The van der Waals surface area contributed by atoms with Crippen LogP contribution in [0.2, 0.25) is 0 Å². The molecule has 6 nitrogen and oxygen atoms in total. The van der Waals surface area contributed by atoms with E-state index in [-0.39, 0.29) is 11.8 Å². The van der Waals surface area contributed by atoms with E-state index in [1.165, 1.54) is 11.3 Å². The molecule has 2 N–H and O–H groups in total. The minimum Gasteiger partial charge on any atom is -0.351 e. The molecule has 0 aliphatic rings. The van der Waals surface area contributed by atoms with Crippen molar-refractivity contribution in [2.75, 3.05) is 11.9 Å². The van der Waals surface area contributed by atoms with Gasteiger partial charge in [0.1, 0.15) is 5.69 Å². The zero-order valence-electron chi connectivity index (χ0n) is 17.0. The second kappa shape index (κ2) is 10.5. The normalized spacial score (nSPS) is 10.9. The van der Waals surface area contributed by atoms with Gasteiger partial charge in [-0.25, -0.2) is 0 Å². The number of nitrogens with one attached hydrogen (secondary N) is 2. The molecule has 3 rings (SSSR count). The molecule has 30 heavy (non-hydrogen) atoms. The molecule has 0 saturated heterocycles. The Morgan fingerprint density at radius 3 is 2.47 bits per heavy atom. The lowest BCUT2D eigenvalue weighted by atomic mass is 10.2. The van der Waals surface area contributed by atoms with Crippen molar-refractivity contribution in [3.63, 3.8) is 0 Å². The molecule has 0 bridgehead atoms. The summed E-state index contributed by atoms with van der Waals surface area (Å²) in [7, 11) is 0. The maximum atomic E-state index is 12.3. The number of hydrogen-bond acceptors (Lipinski definition) is 5. The fourth-order valence-electron chi connectivity index (χ4n) is 2.71. The molecule has 0 aliphatic carbocycles. The smallest absolute Gasteiger partial charge is 0.261 e. The van der Waals surface area contributed by atoms with E-state index in [1.807, 2.05) is 67.8 Å². The van der Waals surface area contributed by atoms with Gasteiger partial charge in [-0.3, -0.25) is 9.59 Å². The van der Waals surface area contributed by atoms with Gasteiger partial charge in [0, 0.05) is 13.0 Å². The fourth-order valence-corrected chi connectivity index (χ4v) is 3.35. The van der Waals surface area contributed by atoms with Gasteiger partial charge in [-0.05, 0) is 61.5 Å². The monoisotopic (exact) mass is 420 g/mol. The molecule has 2 amide bonds. The predicted molar refractivity (Wildman–Crippen MR) is 121 cm³/mol. The van der Waals surface area contributed by atoms with Crippen molar-refractivity contribution >= 4 is 40.2 Å². The van der Waals surface area contributed by atoms with Crippen molar-refractivity contribution in [3.05, 3.63) is 76.0 Å². The van der Waals surface area contributed by atoms with Gasteiger partial charge in [0.25, 0.3) is 5.91 Å². The topological polar surface area (TPSA) is 82.9 Å². The molecule has 0 unspecified atom stereocenters. The van der Waals surface area contributed by atoms with Crippen LogP contribution < -0.4 is 10.6 Å². The molecule has 7 heteroatoms. The Kier molecular flexibility index (Phi) is 7.45. The summed E-state index contributed by atoms with van der Waals surface area (Å²) in [4.78, 5) is 24.9. The molecule has 1 aromatic heterocycles. The molecule has 0 spiro atoms. The highest BCUT2D eigenvalue weighted by Crippen LogP contribution is 2.28. The Hall–Kier alpha value is -3.32. The summed E-state index contributed by atoms with van der Waals surface area (Å²) in [5, 5.41) is 16.2. The second-order valence-electron chi connectivity index (χ2n) is 6.94. The van der Waals surface area contributed by atoms with Crippen LogP contribution in [0.3, 0.4) is 0 Å². The van der Waals surface area contributed by atoms with Crippen molar-refractivity contribution in [2.24, 2.45) is 10.2 Å². The van der Waals surface area contributed by atoms with Crippen LogP contribution in [-0.2, 0) is 4.79 Å². The van der Waals surface area contributed by atoms with Crippen molar-refractivity contribution in [1.29, 1.82) is 0 Å². The fraction of sp³-hybridized carbons (Fsp3) is 0.217. The minimum atomic E-state index is -0.129. The molecule has 2 aromatic carbocycles. The number of benzene rings is 2. The highest BCUT2D eigenvalue weighted by molar-refractivity contribution is 7.12. The molecule has 0 radical (unpaired) electrons. The van der Waals surface area contributed by atoms with Crippen LogP contribution >= 0.6 is 11.3 Å². The Morgan fingerprint density at radius 1 is 0.967 bits per heavy atom. The third-order valence-electron chi connectivity index (χ3n) is 4.35. The molecule has 0 atom stereocenters. The van der Waals surface area contributed by atoms with E-state index in [0.29, 0.717) is 35.6 Å². The third-order valence-corrected chi connectivity index (χ3v) is 5.21. The molecular weight excluding hydrogens is 396 g/mol. The number of rotatable bonds is 8. The van der Waals surface area contributed by atoms with Gasteiger partial charge in [-0.15, -0.1) is 16.5 Å². The molecule has 3 aromatic rings. The van der Waals surface area contributed by atoms with Crippen LogP contribution in [0, 0.1) is 13.8 Å². The summed E-state index contributed by atoms with van der Waals surface area (Å²) in [5.74, 6) is -0.237. The molecule has 1 heterocycles. The van der Waals surface area contributed by atoms with E-state index >= 15 is 0 Å². The number of nitrogens with zero attached hydrogens (tertiary/aromatic N) is 2. The van der Waals surface area contributed by atoms with Crippen molar-refractivity contribution in [1.82, 2.24) is 5.32 Å². The first-order valence-electron chi connectivity index (χ1n) is 9.72. The van der Waals surface area contributed by atoms with Crippen molar-refractivity contribution in [3.8, 4) is 0 Å². The van der Waals surface area contributed by atoms with E-state index in [2.05, 4.69) is 20.9 Å². The van der Waals surface area contributed by atoms with Gasteiger partial charge >= 0.3 is 0 Å². The second-order valence-corrected chi connectivity index (χ2v) is 7.89. The van der Waals surface area contributed by atoms with Crippen LogP contribution in [0.25, 0.3) is 0 Å². The summed E-state index contributed by atoms with van der Waals surface area (Å²) in [6.45, 7) is 4.42. The largest absolute Gasteiger partial charge is 0.351 e. The molecule has 0 aliphatic heterocycles. The number of carbonyl (C=O) groups excluding carboxylic acids is 2. The van der Waals surface area contributed by atoms with E-state index in [0.717, 1.165) is 16.8 Å². The summed E-state index contributed by atoms with van der Waals surface area (Å²) < 4.78 is 0. The Morgan fingerprint density at radius 2 is 1.73 bits per heavy atom. The van der Waals surface area contributed by atoms with E-state index in [9.17, 15) is 9.59 Å². The molecule has 154 valence electrons. The lowest BCUT2D eigenvalue weighted by Gasteiger charge is -2.09. The van der Waals surface area contributed by atoms with E-state index in [1.54, 1.807) is 6.07 Å². The van der Waals surface area contributed by atoms with Crippen LogP contribution in [0.1, 0.15) is 33.6 Å². The lowest BCUT2D eigenvalue weighted by Crippen LogP contribution is -2.24. The zero-order valence-corrected chi connectivity index (χ0v) is 17.8. The average molecular weight is 421 g/mol. The summed E-state index contributed by atoms with van der Waals surface area (Å²) in [6.07, 6.45) is 0.849. The SMILES string of the molecule is Cc1ccc(N=Nc2cc(C)ccc2NC(=O)CCCNC(=O)c2cccs2)cc1. The number of thiophene rings is 1. The molecular formula is C23H24N4O2S. The predicted octanol–water partition coefficient (Wildman–Crippen LogP) is 5.93. The maximum Gasteiger partial charge on any atom is 0.261 e. The summed E-state index contributed by atoms with van der Waals surface area (Å²) in [5.41, 5.74) is 4.16. The number of carbonyl (C=O) groups is 2. The van der Waals surface area contributed by atoms with Crippen molar-refractivity contribution in [2.45, 2.75) is 26.7 Å². The molecule has 0 fully saturated rings. The minimum absolute atomic E-state index is 0.109. The highest BCUT2D eigenvalue weighted by Gasteiger charge is 2.09. The van der Waals surface area contributed by atoms with Crippen LogP contribution in [0.5, 0.6) is 0 Å². The van der Waals surface area contributed by atoms with E-state index < -0.39 is 0 Å². The van der Waals surface area contributed by atoms with Crippen molar-refractivity contribution < 1.29 is 9.59 Å². The Labute approximate surface area is 180 Å². The Bertz CT molecular complexity index is 1030. The Balaban J connectivity index is 1.54. The number of azo groups is 1. The van der Waals surface area contributed by atoms with Gasteiger partial charge < -0.3 is 10.6 Å². The first-order chi connectivity index (χ1) is 14.5. The summed E-state index contributed by atoms with van der Waals surface area (Å²) >= 11 is 1.39. The summed E-state index contributed by atoms with van der Waals surface area (Å²) in [6, 6.07) is 17.0. The number of amides is 2. The first kappa shape index (κ1) is 21.4. The lowest BCUT2D eigenvalue weighted by molar-refractivity contribution is -0.116.